The number of ether oxygens (including phenoxy) is 2. The Morgan fingerprint density at radius 2 is 2.11 bits per heavy atom. The highest BCUT2D eigenvalue weighted by Crippen LogP contribution is 2.16. The number of carbonyl (C=O) groups excluding carboxylic acids is 1. The van der Waals surface area contributed by atoms with Crippen molar-refractivity contribution in [2.45, 2.75) is 18.9 Å². The molecule has 5 heteroatoms. The molecule has 0 saturated carbocycles. The Hall–Kier alpha value is -1.75. The summed E-state index contributed by atoms with van der Waals surface area (Å²) in [6.07, 6.45) is 1.99. The Labute approximate surface area is 113 Å². The van der Waals surface area contributed by atoms with Crippen LogP contribution in [0, 0.1) is 0 Å². The molecule has 0 bridgehead atoms. The van der Waals surface area contributed by atoms with Crippen LogP contribution in [0.2, 0.25) is 0 Å². The molecule has 0 aliphatic carbocycles. The molecule has 5 nitrogen and oxygen atoms in total. The molecule has 1 heterocycles. The summed E-state index contributed by atoms with van der Waals surface area (Å²) in [4.78, 5) is 11.7. The van der Waals surface area contributed by atoms with Gasteiger partial charge in [-0.2, -0.15) is 0 Å². The Balaban J connectivity index is 1.64. The fourth-order valence-electron chi connectivity index (χ4n) is 2.05. The lowest BCUT2D eigenvalue weighted by Crippen LogP contribution is -2.41. The van der Waals surface area contributed by atoms with E-state index in [-0.39, 0.29) is 11.9 Å². The van der Waals surface area contributed by atoms with Crippen LogP contribution in [0.5, 0.6) is 11.5 Å². The molecule has 2 rings (SSSR count). The molecule has 1 amide bonds. The summed E-state index contributed by atoms with van der Waals surface area (Å²) in [6.45, 7) is 1.91. The number of hydrogen-bond donors (Lipinski definition) is 2. The van der Waals surface area contributed by atoms with Crippen LogP contribution in [0.4, 0.5) is 0 Å². The van der Waals surface area contributed by atoms with Gasteiger partial charge in [-0.1, -0.05) is 0 Å². The van der Waals surface area contributed by atoms with Crippen LogP contribution in [0.25, 0.3) is 0 Å². The van der Waals surface area contributed by atoms with Gasteiger partial charge in [0.15, 0.2) is 0 Å². The quantitative estimate of drug-likeness (QED) is 0.751. The third-order valence-electron chi connectivity index (χ3n) is 3.11. The molecular formula is C14H20N2O3. The van der Waals surface area contributed by atoms with Crippen LogP contribution in [0.1, 0.15) is 12.8 Å². The second-order valence-electron chi connectivity index (χ2n) is 4.46. The van der Waals surface area contributed by atoms with Crippen molar-refractivity contribution in [1.29, 1.82) is 0 Å². The average molecular weight is 264 g/mol. The Kier molecular flexibility index (Phi) is 5.03. The average Bonchev–Trinajstić information content (AvgIpc) is 2.98. The molecule has 1 aliphatic heterocycles. The molecule has 0 radical (unpaired) electrons. The Morgan fingerprint density at radius 3 is 2.74 bits per heavy atom. The lowest BCUT2D eigenvalue weighted by Gasteiger charge is -2.11. The van der Waals surface area contributed by atoms with Gasteiger partial charge < -0.3 is 20.1 Å². The molecule has 19 heavy (non-hydrogen) atoms. The highest BCUT2D eigenvalue weighted by Gasteiger charge is 2.21. The van der Waals surface area contributed by atoms with Crippen LogP contribution < -0.4 is 20.1 Å². The smallest absolute Gasteiger partial charge is 0.237 e. The number of nitrogens with one attached hydrogen (secondary N) is 2. The van der Waals surface area contributed by atoms with Gasteiger partial charge >= 0.3 is 0 Å². The summed E-state index contributed by atoms with van der Waals surface area (Å²) in [5, 5.41) is 6.03. The molecular weight excluding hydrogens is 244 g/mol. The van der Waals surface area contributed by atoms with E-state index in [1.807, 2.05) is 24.3 Å². The summed E-state index contributed by atoms with van der Waals surface area (Å²) in [5.41, 5.74) is 0. The first-order valence-electron chi connectivity index (χ1n) is 6.57. The van der Waals surface area contributed by atoms with Crippen molar-refractivity contribution in [3.05, 3.63) is 24.3 Å². The third kappa shape index (κ3) is 4.13. The van der Waals surface area contributed by atoms with Crippen LogP contribution in [0.15, 0.2) is 24.3 Å². The molecule has 2 N–H and O–H groups in total. The maximum Gasteiger partial charge on any atom is 0.237 e. The van der Waals surface area contributed by atoms with E-state index >= 15 is 0 Å². The monoisotopic (exact) mass is 264 g/mol. The predicted molar refractivity (Wildman–Crippen MR) is 72.5 cm³/mol. The minimum atomic E-state index is -0.0269. The largest absolute Gasteiger partial charge is 0.497 e. The first-order chi connectivity index (χ1) is 9.29. The van der Waals surface area contributed by atoms with Gasteiger partial charge in [-0.25, -0.2) is 0 Å². The highest BCUT2D eigenvalue weighted by atomic mass is 16.5. The maximum atomic E-state index is 11.7. The predicted octanol–water partition coefficient (Wildman–Crippen LogP) is 0.942. The summed E-state index contributed by atoms with van der Waals surface area (Å²) < 4.78 is 10.6. The van der Waals surface area contributed by atoms with Crippen molar-refractivity contribution >= 4 is 5.91 Å². The molecule has 1 fully saturated rings. The van der Waals surface area contributed by atoms with E-state index in [1.54, 1.807) is 7.11 Å². The Bertz CT molecular complexity index is 400. The van der Waals surface area contributed by atoms with Crippen molar-refractivity contribution in [1.82, 2.24) is 10.6 Å². The number of rotatable bonds is 6. The van der Waals surface area contributed by atoms with Gasteiger partial charge in [0.25, 0.3) is 0 Å². The van der Waals surface area contributed by atoms with Crippen LogP contribution in [-0.2, 0) is 4.79 Å². The second kappa shape index (κ2) is 6.99. The molecule has 0 spiro atoms. The van der Waals surface area contributed by atoms with Gasteiger partial charge in [0.2, 0.25) is 5.91 Å². The van der Waals surface area contributed by atoms with Crippen molar-refractivity contribution in [2.75, 3.05) is 26.8 Å². The first-order valence-corrected chi connectivity index (χ1v) is 6.57. The van der Waals surface area contributed by atoms with Gasteiger partial charge in [0, 0.05) is 0 Å². The van der Waals surface area contributed by atoms with Gasteiger partial charge in [0.1, 0.15) is 18.1 Å². The fraction of sp³-hybridized carbons (Fsp3) is 0.500. The molecule has 1 aliphatic rings. The highest BCUT2D eigenvalue weighted by molar-refractivity contribution is 5.81. The number of methoxy groups -OCH3 is 1. The molecule has 1 aromatic carbocycles. The van der Waals surface area contributed by atoms with E-state index in [0.29, 0.717) is 13.2 Å². The number of carbonyl (C=O) groups is 1. The van der Waals surface area contributed by atoms with Gasteiger partial charge in [-0.15, -0.1) is 0 Å². The van der Waals surface area contributed by atoms with E-state index in [1.165, 1.54) is 0 Å². The van der Waals surface area contributed by atoms with Crippen molar-refractivity contribution < 1.29 is 14.3 Å². The normalized spacial score (nSPS) is 18.1. The van der Waals surface area contributed by atoms with E-state index in [2.05, 4.69) is 10.6 Å². The number of hydrogen-bond acceptors (Lipinski definition) is 4. The van der Waals surface area contributed by atoms with Crippen LogP contribution in [-0.4, -0.2) is 38.8 Å². The van der Waals surface area contributed by atoms with Gasteiger partial charge in [-0.3, -0.25) is 4.79 Å². The van der Waals surface area contributed by atoms with E-state index in [4.69, 9.17) is 9.47 Å². The van der Waals surface area contributed by atoms with Crippen molar-refractivity contribution in [2.24, 2.45) is 0 Å². The van der Waals surface area contributed by atoms with E-state index in [9.17, 15) is 4.79 Å². The third-order valence-corrected chi connectivity index (χ3v) is 3.11. The molecule has 0 aromatic heterocycles. The molecule has 1 aromatic rings. The first kappa shape index (κ1) is 13.7. The SMILES string of the molecule is COc1ccc(OCCNC(=O)C2CCCN2)cc1. The summed E-state index contributed by atoms with van der Waals surface area (Å²) in [7, 11) is 1.63. The molecule has 1 atom stereocenters. The topological polar surface area (TPSA) is 59.6 Å². The lowest BCUT2D eigenvalue weighted by atomic mass is 10.2. The zero-order valence-electron chi connectivity index (χ0n) is 11.1. The van der Waals surface area contributed by atoms with Crippen molar-refractivity contribution in [3.63, 3.8) is 0 Å². The summed E-state index contributed by atoms with van der Waals surface area (Å²) >= 11 is 0. The van der Waals surface area contributed by atoms with Gasteiger partial charge in [-0.05, 0) is 43.7 Å². The zero-order chi connectivity index (χ0) is 13.5. The minimum absolute atomic E-state index is 0.0269. The molecule has 1 unspecified atom stereocenters. The van der Waals surface area contributed by atoms with E-state index in [0.717, 1.165) is 30.9 Å². The molecule has 104 valence electrons. The standard InChI is InChI=1S/C14H20N2O3/c1-18-11-4-6-12(7-5-11)19-10-9-16-14(17)13-3-2-8-15-13/h4-7,13,15H,2-3,8-10H2,1H3,(H,16,17). The van der Waals surface area contributed by atoms with Crippen LogP contribution >= 0.6 is 0 Å². The van der Waals surface area contributed by atoms with E-state index < -0.39 is 0 Å². The maximum absolute atomic E-state index is 11.7. The minimum Gasteiger partial charge on any atom is -0.497 e. The lowest BCUT2D eigenvalue weighted by molar-refractivity contribution is -0.122. The summed E-state index contributed by atoms with van der Waals surface area (Å²) in [6, 6.07) is 7.35. The van der Waals surface area contributed by atoms with Crippen molar-refractivity contribution in [3.8, 4) is 11.5 Å². The fourth-order valence-corrected chi connectivity index (χ4v) is 2.05. The second-order valence-corrected chi connectivity index (χ2v) is 4.46. The zero-order valence-corrected chi connectivity index (χ0v) is 11.1. The number of benzene rings is 1. The summed E-state index contributed by atoms with van der Waals surface area (Å²) in [5.74, 6) is 1.64. The Morgan fingerprint density at radius 1 is 1.37 bits per heavy atom. The van der Waals surface area contributed by atoms with Gasteiger partial charge in [0.05, 0.1) is 19.7 Å². The number of amides is 1. The van der Waals surface area contributed by atoms with Crippen LogP contribution in [0.3, 0.4) is 0 Å². The molecule has 1 saturated heterocycles.